The van der Waals surface area contributed by atoms with Crippen LogP contribution in [0.1, 0.15) is 13.3 Å². The molecule has 1 heterocycles. The third-order valence-electron chi connectivity index (χ3n) is 1.69. The highest BCUT2D eigenvalue weighted by molar-refractivity contribution is 8.18. The molecular formula is C8H9NO4S. The smallest absolute Gasteiger partial charge is 0.305 e. The predicted molar refractivity (Wildman–Crippen MR) is 50.7 cm³/mol. The van der Waals surface area contributed by atoms with Crippen LogP contribution in [0, 0.1) is 0 Å². The third-order valence-corrected chi connectivity index (χ3v) is 2.71. The van der Waals surface area contributed by atoms with Crippen molar-refractivity contribution in [2.24, 2.45) is 0 Å². The standard InChI is InChI=1S/C8H9NO4S/c1-2-5-7(12)9(8(13)14-5)4-3-6(10)11/h2H,3-4H2,1H3,(H,10,11)/b5-2-. The summed E-state index contributed by atoms with van der Waals surface area (Å²) in [6, 6.07) is 0. The van der Waals surface area contributed by atoms with Gasteiger partial charge in [-0.15, -0.1) is 0 Å². The Bertz CT molecular complexity index is 323. The van der Waals surface area contributed by atoms with E-state index in [9.17, 15) is 14.4 Å². The molecule has 0 unspecified atom stereocenters. The Hall–Kier alpha value is -1.30. The molecule has 6 heteroatoms. The van der Waals surface area contributed by atoms with Gasteiger partial charge in [-0.25, -0.2) is 0 Å². The second-order valence-electron chi connectivity index (χ2n) is 2.62. The van der Waals surface area contributed by atoms with E-state index in [2.05, 4.69) is 0 Å². The van der Waals surface area contributed by atoms with Crippen LogP contribution >= 0.6 is 11.8 Å². The number of amides is 2. The maximum Gasteiger partial charge on any atom is 0.305 e. The zero-order chi connectivity index (χ0) is 10.7. The van der Waals surface area contributed by atoms with Crippen LogP contribution in [0.3, 0.4) is 0 Å². The summed E-state index contributed by atoms with van der Waals surface area (Å²) >= 11 is 0.839. The Balaban J connectivity index is 2.66. The van der Waals surface area contributed by atoms with Crippen LogP contribution in [-0.4, -0.2) is 33.7 Å². The van der Waals surface area contributed by atoms with Crippen LogP contribution in [0.4, 0.5) is 4.79 Å². The van der Waals surface area contributed by atoms with E-state index in [1.165, 1.54) is 0 Å². The number of carboxylic acid groups (broad SMARTS) is 1. The number of thioether (sulfide) groups is 1. The molecule has 1 saturated heterocycles. The van der Waals surface area contributed by atoms with Gasteiger partial charge >= 0.3 is 5.97 Å². The minimum Gasteiger partial charge on any atom is -0.481 e. The van der Waals surface area contributed by atoms with Gasteiger partial charge in [0.2, 0.25) is 0 Å². The molecule has 1 aliphatic heterocycles. The fourth-order valence-corrected chi connectivity index (χ4v) is 1.78. The molecule has 14 heavy (non-hydrogen) atoms. The van der Waals surface area contributed by atoms with Crippen molar-refractivity contribution in [2.75, 3.05) is 6.54 Å². The van der Waals surface area contributed by atoms with Crippen molar-refractivity contribution in [3.8, 4) is 0 Å². The van der Waals surface area contributed by atoms with Crippen molar-refractivity contribution in [3.05, 3.63) is 11.0 Å². The number of carboxylic acids is 1. The highest BCUT2D eigenvalue weighted by atomic mass is 32.2. The number of hydrogen-bond acceptors (Lipinski definition) is 4. The molecule has 1 fully saturated rings. The molecule has 0 aromatic carbocycles. The number of nitrogens with zero attached hydrogens (tertiary/aromatic N) is 1. The van der Waals surface area contributed by atoms with E-state index < -0.39 is 17.1 Å². The van der Waals surface area contributed by atoms with Crippen molar-refractivity contribution < 1.29 is 19.5 Å². The van der Waals surface area contributed by atoms with Crippen LogP contribution in [0.25, 0.3) is 0 Å². The second-order valence-corrected chi connectivity index (χ2v) is 3.61. The Kier molecular flexibility index (Phi) is 3.29. The first kappa shape index (κ1) is 10.8. The molecule has 0 aromatic heterocycles. The van der Waals surface area contributed by atoms with E-state index in [0.29, 0.717) is 4.91 Å². The third kappa shape index (κ3) is 2.14. The molecule has 76 valence electrons. The van der Waals surface area contributed by atoms with Gasteiger partial charge in [-0.1, -0.05) is 6.08 Å². The average molecular weight is 215 g/mol. The van der Waals surface area contributed by atoms with Crippen LogP contribution in [0.5, 0.6) is 0 Å². The van der Waals surface area contributed by atoms with Crippen molar-refractivity contribution in [1.29, 1.82) is 0 Å². The van der Waals surface area contributed by atoms with Crippen LogP contribution < -0.4 is 0 Å². The van der Waals surface area contributed by atoms with Gasteiger partial charge < -0.3 is 5.11 Å². The summed E-state index contributed by atoms with van der Waals surface area (Å²) in [7, 11) is 0. The summed E-state index contributed by atoms with van der Waals surface area (Å²) in [5, 5.41) is 8.00. The second kappa shape index (κ2) is 4.28. The fraction of sp³-hybridized carbons (Fsp3) is 0.375. The number of imide groups is 1. The summed E-state index contributed by atoms with van der Waals surface area (Å²) in [6.07, 6.45) is 1.33. The first-order valence-corrected chi connectivity index (χ1v) is 4.79. The highest BCUT2D eigenvalue weighted by Gasteiger charge is 2.34. The summed E-state index contributed by atoms with van der Waals surface area (Å²) in [6.45, 7) is 1.60. The van der Waals surface area contributed by atoms with Crippen molar-refractivity contribution in [2.45, 2.75) is 13.3 Å². The van der Waals surface area contributed by atoms with Gasteiger partial charge in [0.15, 0.2) is 0 Å². The molecule has 5 nitrogen and oxygen atoms in total. The van der Waals surface area contributed by atoms with Gasteiger partial charge in [0.05, 0.1) is 11.3 Å². The number of allylic oxidation sites excluding steroid dienone is 1. The topological polar surface area (TPSA) is 74.7 Å². The minimum atomic E-state index is -1.02. The van der Waals surface area contributed by atoms with Gasteiger partial charge in [0, 0.05) is 6.54 Å². The Morgan fingerprint density at radius 2 is 2.21 bits per heavy atom. The molecule has 0 radical (unpaired) electrons. The quantitative estimate of drug-likeness (QED) is 0.712. The monoisotopic (exact) mass is 215 g/mol. The lowest BCUT2D eigenvalue weighted by molar-refractivity contribution is -0.137. The minimum absolute atomic E-state index is 0.0582. The lowest BCUT2D eigenvalue weighted by Gasteiger charge is -2.09. The lowest BCUT2D eigenvalue weighted by atomic mass is 10.3. The van der Waals surface area contributed by atoms with E-state index in [1.54, 1.807) is 13.0 Å². The van der Waals surface area contributed by atoms with Crippen LogP contribution in [-0.2, 0) is 9.59 Å². The molecule has 0 spiro atoms. The molecule has 0 saturated carbocycles. The zero-order valence-electron chi connectivity index (χ0n) is 7.52. The molecule has 0 aliphatic carbocycles. The van der Waals surface area contributed by atoms with Crippen LogP contribution in [0.15, 0.2) is 11.0 Å². The largest absolute Gasteiger partial charge is 0.481 e. The van der Waals surface area contributed by atoms with Gasteiger partial charge in [0.1, 0.15) is 0 Å². The molecular weight excluding hydrogens is 206 g/mol. The van der Waals surface area contributed by atoms with E-state index in [-0.39, 0.29) is 13.0 Å². The molecule has 2 amide bonds. The lowest BCUT2D eigenvalue weighted by Crippen LogP contribution is -2.30. The first-order valence-electron chi connectivity index (χ1n) is 3.98. The predicted octanol–water partition coefficient (Wildman–Crippen LogP) is 1.06. The summed E-state index contributed by atoms with van der Waals surface area (Å²) < 4.78 is 0. The molecule has 0 aromatic rings. The Morgan fingerprint density at radius 3 is 2.64 bits per heavy atom. The van der Waals surface area contributed by atoms with E-state index in [4.69, 9.17) is 5.11 Å². The first-order chi connectivity index (χ1) is 6.56. The molecule has 1 N–H and O–H groups in total. The van der Waals surface area contributed by atoms with Gasteiger partial charge in [-0.3, -0.25) is 19.3 Å². The maximum absolute atomic E-state index is 11.4. The van der Waals surface area contributed by atoms with E-state index in [0.717, 1.165) is 16.7 Å². The summed E-state index contributed by atoms with van der Waals surface area (Å²) in [5.41, 5.74) is 0. The van der Waals surface area contributed by atoms with Crippen molar-refractivity contribution in [3.63, 3.8) is 0 Å². The molecule has 1 aliphatic rings. The number of hydrogen-bond donors (Lipinski definition) is 1. The number of aliphatic carboxylic acids is 1. The Morgan fingerprint density at radius 1 is 1.57 bits per heavy atom. The molecule has 1 rings (SSSR count). The maximum atomic E-state index is 11.4. The SMILES string of the molecule is C/C=C1\SC(=O)N(CCC(=O)O)C1=O. The Labute approximate surface area is 84.8 Å². The summed E-state index contributed by atoms with van der Waals surface area (Å²) in [5.74, 6) is -1.42. The molecule has 0 bridgehead atoms. The molecule has 0 atom stereocenters. The highest BCUT2D eigenvalue weighted by Crippen LogP contribution is 2.30. The van der Waals surface area contributed by atoms with Gasteiger partial charge in [-0.2, -0.15) is 0 Å². The fourth-order valence-electron chi connectivity index (χ4n) is 0.991. The number of carbonyl (C=O) groups is 3. The van der Waals surface area contributed by atoms with Crippen LogP contribution in [0.2, 0.25) is 0 Å². The average Bonchev–Trinajstić information content (AvgIpc) is 2.39. The zero-order valence-corrected chi connectivity index (χ0v) is 8.34. The number of carbonyl (C=O) groups excluding carboxylic acids is 2. The van der Waals surface area contributed by atoms with E-state index in [1.807, 2.05) is 0 Å². The van der Waals surface area contributed by atoms with Crippen molar-refractivity contribution in [1.82, 2.24) is 4.90 Å². The van der Waals surface area contributed by atoms with Gasteiger partial charge in [-0.05, 0) is 18.7 Å². The number of rotatable bonds is 3. The summed E-state index contributed by atoms with van der Waals surface area (Å²) in [4.78, 5) is 34.1. The van der Waals surface area contributed by atoms with E-state index >= 15 is 0 Å². The normalized spacial score (nSPS) is 19.5. The van der Waals surface area contributed by atoms with Gasteiger partial charge in [0.25, 0.3) is 11.1 Å². The van der Waals surface area contributed by atoms with Crippen molar-refractivity contribution >= 4 is 28.9 Å².